The van der Waals surface area contributed by atoms with Gasteiger partial charge in [0.2, 0.25) is 15.9 Å². The summed E-state index contributed by atoms with van der Waals surface area (Å²) < 4.78 is 26.5. The Labute approximate surface area is 154 Å². The van der Waals surface area contributed by atoms with Gasteiger partial charge in [-0.2, -0.15) is 4.31 Å². The molecule has 2 heterocycles. The van der Waals surface area contributed by atoms with Crippen molar-refractivity contribution < 1.29 is 13.2 Å². The van der Waals surface area contributed by atoms with Crippen LogP contribution in [0.5, 0.6) is 0 Å². The predicted octanol–water partition coefficient (Wildman–Crippen LogP) is 2.12. The van der Waals surface area contributed by atoms with Crippen LogP contribution in [0.15, 0.2) is 53.7 Å². The van der Waals surface area contributed by atoms with Gasteiger partial charge >= 0.3 is 0 Å². The first-order valence-corrected chi connectivity index (χ1v) is 10.2. The molecule has 0 aliphatic carbocycles. The number of carbonyl (C=O) groups excluding carboxylic acids is 1. The second kappa shape index (κ2) is 8.42. The lowest BCUT2D eigenvalue weighted by Crippen LogP contribution is -2.27. The van der Waals surface area contributed by atoms with Gasteiger partial charge in [0.25, 0.3) is 0 Å². The SMILES string of the molecule is O=C(CCc1ccc(S(=O)(=O)N2CCCC2)cc1)NCc1cccnc1. The molecule has 7 heteroatoms. The highest BCUT2D eigenvalue weighted by atomic mass is 32.2. The van der Waals surface area contributed by atoms with Crippen LogP contribution in [-0.4, -0.2) is 36.7 Å². The lowest BCUT2D eigenvalue weighted by Gasteiger charge is -2.15. The maximum Gasteiger partial charge on any atom is 0.243 e. The van der Waals surface area contributed by atoms with Gasteiger partial charge in [0.15, 0.2) is 0 Å². The topological polar surface area (TPSA) is 79.4 Å². The van der Waals surface area contributed by atoms with Crippen LogP contribution in [0.2, 0.25) is 0 Å². The molecule has 3 rings (SSSR count). The third kappa shape index (κ3) is 4.68. The van der Waals surface area contributed by atoms with E-state index in [-0.39, 0.29) is 5.91 Å². The average Bonchev–Trinajstić information content (AvgIpc) is 3.21. The van der Waals surface area contributed by atoms with Crippen molar-refractivity contribution in [2.75, 3.05) is 13.1 Å². The Morgan fingerprint density at radius 3 is 2.46 bits per heavy atom. The van der Waals surface area contributed by atoms with Gasteiger partial charge in [0, 0.05) is 38.4 Å². The van der Waals surface area contributed by atoms with Crippen molar-refractivity contribution in [2.45, 2.75) is 37.1 Å². The molecule has 0 bridgehead atoms. The molecule has 1 saturated heterocycles. The Kier molecular flexibility index (Phi) is 6.00. The number of amides is 1. The fourth-order valence-electron chi connectivity index (χ4n) is 2.96. The third-order valence-corrected chi connectivity index (χ3v) is 6.39. The molecule has 1 N–H and O–H groups in total. The van der Waals surface area contributed by atoms with Crippen molar-refractivity contribution in [3.63, 3.8) is 0 Å². The molecule has 2 aromatic rings. The monoisotopic (exact) mass is 373 g/mol. The number of hydrogen-bond acceptors (Lipinski definition) is 4. The molecule has 1 aromatic carbocycles. The van der Waals surface area contributed by atoms with E-state index in [2.05, 4.69) is 10.3 Å². The number of nitrogens with zero attached hydrogens (tertiary/aromatic N) is 2. The number of rotatable bonds is 7. The van der Waals surface area contributed by atoms with Crippen molar-refractivity contribution in [3.05, 3.63) is 59.9 Å². The molecule has 1 aliphatic heterocycles. The molecule has 0 saturated carbocycles. The second-order valence-corrected chi connectivity index (χ2v) is 8.33. The number of aryl methyl sites for hydroxylation is 1. The molecule has 0 spiro atoms. The largest absolute Gasteiger partial charge is 0.352 e. The minimum absolute atomic E-state index is 0.0392. The first-order chi connectivity index (χ1) is 12.6. The van der Waals surface area contributed by atoms with Crippen LogP contribution in [0.4, 0.5) is 0 Å². The van der Waals surface area contributed by atoms with Crippen LogP contribution in [0.1, 0.15) is 30.4 Å². The van der Waals surface area contributed by atoms with Crippen LogP contribution in [0, 0.1) is 0 Å². The van der Waals surface area contributed by atoms with E-state index >= 15 is 0 Å². The normalized spacial score (nSPS) is 15.1. The Morgan fingerprint density at radius 2 is 1.81 bits per heavy atom. The van der Waals surface area contributed by atoms with Crippen LogP contribution in [0.3, 0.4) is 0 Å². The third-order valence-electron chi connectivity index (χ3n) is 4.48. The Bertz CT molecular complexity index is 830. The maximum atomic E-state index is 12.5. The quantitative estimate of drug-likeness (QED) is 0.806. The zero-order valence-corrected chi connectivity index (χ0v) is 15.4. The number of pyridine rings is 1. The molecule has 26 heavy (non-hydrogen) atoms. The molecule has 0 atom stereocenters. The van der Waals surface area contributed by atoms with E-state index in [0.717, 1.165) is 24.0 Å². The highest BCUT2D eigenvalue weighted by molar-refractivity contribution is 7.89. The molecule has 1 fully saturated rings. The second-order valence-electron chi connectivity index (χ2n) is 6.39. The summed E-state index contributed by atoms with van der Waals surface area (Å²) >= 11 is 0. The van der Waals surface area contributed by atoms with Gasteiger partial charge in [-0.1, -0.05) is 18.2 Å². The zero-order valence-electron chi connectivity index (χ0n) is 14.6. The summed E-state index contributed by atoms with van der Waals surface area (Å²) in [7, 11) is -3.38. The molecule has 6 nitrogen and oxygen atoms in total. The minimum Gasteiger partial charge on any atom is -0.352 e. The van der Waals surface area contributed by atoms with E-state index in [0.29, 0.717) is 37.4 Å². The van der Waals surface area contributed by atoms with E-state index < -0.39 is 10.0 Å². The van der Waals surface area contributed by atoms with E-state index in [4.69, 9.17) is 0 Å². The molecule has 0 radical (unpaired) electrons. The summed E-state index contributed by atoms with van der Waals surface area (Å²) in [6, 6.07) is 10.6. The molecular weight excluding hydrogens is 350 g/mol. The summed E-state index contributed by atoms with van der Waals surface area (Å²) in [6.07, 6.45) is 6.19. The number of nitrogens with one attached hydrogen (secondary N) is 1. The molecule has 1 aliphatic rings. The van der Waals surface area contributed by atoms with Crippen molar-refractivity contribution in [1.29, 1.82) is 0 Å². The van der Waals surface area contributed by atoms with Crippen molar-refractivity contribution in [2.24, 2.45) is 0 Å². The van der Waals surface area contributed by atoms with Crippen molar-refractivity contribution >= 4 is 15.9 Å². The van der Waals surface area contributed by atoms with E-state index in [1.54, 1.807) is 36.7 Å². The molecule has 0 unspecified atom stereocenters. The number of benzene rings is 1. The standard InChI is InChI=1S/C19H23N3O3S/c23-19(21-15-17-4-3-11-20-14-17)10-7-16-5-8-18(9-6-16)26(24,25)22-12-1-2-13-22/h3-6,8-9,11,14H,1-2,7,10,12-13,15H2,(H,21,23). The van der Waals surface area contributed by atoms with Gasteiger partial charge in [0.05, 0.1) is 4.90 Å². The summed E-state index contributed by atoms with van der Waals surface area (Å²) in [5.41, 5.74) is 1.90. The first kappa shape index (κ1) is 18.5. The fraction of sp³-hybridized carbons (Fsp3) is 0.368. The lowest BCUT2D eigenvalue weighted by molar-refractivity contribution is -0.121. The Morgan fingerprint density at radius 1 is 1.08 bits per heavy atom. The van der Waals surface area contributed by atoms with Gasteiger partial charge in [-0.05, 0) is 48.6 Å². The van der Waals surface area contributed by atoms with Gasteiger partial charge in [-0.25, -0.2) is 8.42 Å². The van der Waals surface area contributed by atoms with E-state index in [9.17, 15) is 13.2 Å². The van der Waals surface area contributed by atoms with Gasteiger partial charge in [0.1, 0.15) is 0 Å². The van der Waals surface area contributed by atoms with Gasteiger partial charge in [-0.3, -0.25) is 9.78 Å². The Balaban J connectivity index is 1.50. The average molecular weight is 373 g/mol. The summed E-state index contributed by atoms with van der Waals surface area (Å²) in [5, 5.41) is 2.86. The maximum absolute atomic E-state index is 12.5. The van der Waals surface area contributed by atoms with Crippen LogP contribution >= 0.6 is 0 Å². The summed E-state index contributed by atoms with van der Waals surface area (Å²) in [6.45, 7) is 1.65. The molecular formula is C19H23N3O3S. The summed E-state index contributed by atoms with van der Waals surface area (Å²) in [4.78, 5) is 16.3. The number of sulfonamides is 1. The minimum atomic E-state index is -3.38. The van der Waals surface area contributed by atoms with E-state index in [1.807, 2.05) is 12.1 Å². The van der Waals surface area contributed by atoms with Crippen molar-refractivity contribution in [3.8, 4) is 0 Å². The molecule has 1 amide bonds. The molecule has 138 valence electrons. The molecule has 1 aromatic heterocycles. The van der Waals surface area contributed by atoms with Crippen LogP contribution in [0.25, 0.3) is 0 Å². The number of hydrogen-bond donors (Lipinski definition) is 1. The number of carbonyl (C=O) groups is 1. The van der Waals surface area contributed by atoms with E-state index in [1.165, 1.54) is 4.31 Å². The smallest absolute Gasteiger partial charge is 0.243 e. The highest BCUT2D eigenvalue weighted by Crippen LogP contribution is 2.21. The fourth-order valence-corrected chi connectivity index (χ4v) is 4.47. The van der Waals surface area contributed by atoms with Gasteiger partial charge in [-0.15, -0.1) is 0 Å². The first-order valence-electron chi connectivity index (χ1n) is 8.80. The van der Waals surface area contributed by atoms with Gasteiger partial charge < -0.3 is 5.32 Å². The zero-order chi connectivity index (χ0) is 18.4. The van der Waals surface area contributed by atoms with Crippen molar-refractivity contribution in [1.82, 2.24) is 14.6 Å². The predicted molar refractivity (Wildman–Crippen MR) is 98.8 cm³/mol. The summed E-state index contributed by atoms with van der Waals surface area (Å²) in [5.74, 6) is -0.0392. The number of aromatic nitrogens is 1. The lowest BCUT2D eigenvalue weighted by atomic mass is 10.1. The highest BCUT2D eigenvalue weighted by Gasteiger charge is 2.26. The van der Waals surface area contributed by atoms with Crippen LogP contribution < -0.4 is 5.32 Å². The van der Waals surface area contributed by atoms with Crippen LogP contribution in [-0.2, 0) is 27.8 Å². The Hall–Kier alpha value is -2.25.